The zero-order valence-electron chi connectivity index (χ0n) is 12.8. The lowest BCUT2D eigenvalue weighted by atomic mass is 10.1. The van der Waals surface area contributed by atoms with E-state index in [2.05, 4.69) is 29.4 Å². The van der Waals surface area contributed by atoms with Crippen LogP contribution in [-0.4, -0.2) is 16.1 Å². The molecule has 1 aromatic carbocycles. The van der Waals surface area contributed by atoms with E-state index in [9.17, 15) is 9.18 Å². The first-order valence-electron chi connectivity index (χ1n) is 7.31. The summed E-state index contributed by atoms with van der Waals surface area (Å²) in [5.41, 5.74) is 0.180. The zero-order valence-corrected chi connectivity index (χ0v) is 14.4. The minimum atomic E-state index is -0.478. The standard InChI is InChI=1S/C16H17ClFN3OS/c1-3-10(4-2)15-20-21-16(23-15)19-14(22)9-8-11-12(17)6-5-7-13(11)18/h5-10H,3-4H2,1-2H3,(H,19,21,22)/b9-8+. The minimum absolute atomic E-state index is 0.180. The molecule has 0 atom stereocenters. The number of aromatic nitrogens is 2. The Balaban J connectivity index is 2.04. The molecule has 23 heavy (non-hydrogen) atoms. The Labute approximate surface area is 143 Å². The molecule has 0 spiro atoms. The number of halogens is 2. The molecule has 4 nitrogen and oxygen atoms in total. The number of benzene rings is 1. The van der Waals surface area contributed by atoms with Gasteiger partial charge in [0.1, 0.15) is 10.8 Å². The van der Waals surface area contributed by atoms with Crippen molar-refractivity contribution in [2.45, 2.75) is 32.6 Å². The summed E-state index contributed by atoms with van der Waals surface area (Å²) in [6.07, 6.45) is 4.52. The normalized spacial score (nSPS) is 11.3. The summed E-state index contributed by atoms with van der Waals surface area (Å²) >= 11 is 7.26. The molecule has 0 saturated heterocycles. The third-order valence-electron chi connectivity index (χ3n) is 3.41. The molecule has 0 aliphatic carbocycles. The van der Waals surface area contributed by atoms with Gasteiger partial charge in [0.15, 0.2) is 0 Å². The highest BCUT2D eigenvalue weighted by Gasteiger charge is 2.14. The Morgan fingerprint density at radius 1 is 1.39 bits per heavy atom. The third kappa shape index (κ3) is 4.59. The van der Waals surface area contributed by atoms with E-state index in [0.29, 0.717) is 11.0 Å². The van der Waals surface area contributed by atoms with Gasteiger partial charge in [0.2, 0.25) is 11.0 Å². The van der Waals surface area contributed by atoms with Gasteiger partial charge in [-0.2, -0.15) is 0 Å². The SMILES string of the molecule is CCC(CC)c1nnc(NC(=O)/C=C/c2c(F)cccc2Cl)s1. The van der Waals surface area contributed by atoms with Gasteiger partial charge >= 0.3 is 0 Å². The summed E-state index contributed by atoms with van der Waals surface area (Å²) in [4.78, 5) is 11.9. The number of carbonyl (C=O) groups is 1. The molecule has 0 bridgehead atoms. The van der Waals surface area contributed by atoms with Crippen LogP contribution < -0.4 is 5.32 Å². The molecular weight excluding hydrogens is 337 g/mol. The average molecular weight is 354 g/mol. The number of hydrogen-bond acceptors (Lipinski definition) is 4. The Kier molecular flexibility index (Phi) is 6.24. The van der Waals surface area contributed by atoms with E-state index >= 15 is 0 Å². The second kappa shape index (κ2) is 8.17. The quantitative estimate of drug-likeness (QED) is 0.752. The van der Waals surface area contributed by atoms with Crippen molar-refractivity contribution in [3.63, 3.8) is 0 Å². The molecule has 2 aromatic rings. The van der Waals surface area contributed by atoms with Crippen LogP contribution in [0.1, 0.15) is 43.2 Å². The molecule has 0 radical (unpaired) electrons. The molecule has 1 aromatic heterocycles. The lowest BCUT2D eigenvalue weighted by molar-refractivity contribution is -0.111. The van der Waals surface area contributed by atoms with Crippen LogP contribution >= 0.6 is 22.9 Å². The topological polar surface area (TPSA) is 54.9 Å². The summed E-state index contributed by atoms with van der Waals surface area (Å²) in [5.74, 6) is -0.532. The van der Waals surface area contributed by atoms with E-state index in [1.165, 1.54) is 35.6 Å². The van der Waals surface area contributed by atoms with Crippen molar-refractivity contribution in [3.05, 3.63) is 45.7 Å². The van der Waals surface area contributed by atoms with Gasteiger partial charge in [0.05, 0.1) is 5.02 Å². The molecule has 0 aliphatic heterocycles. The molecule has 122 valence electrons. The molecule has 0 unspecified atom stereocenters. The van der Waals surface area contributed by atoms with Gasteiger partial charge in [-0.05, 0) is 31.1 Å². The Bertz CT molecular complexity index is 693. The number of hydrogen-bond donors (Lipinski definition) is 1. The molecule has 1 heterocycles. The van der Waals surface area contributed by atoms with Gasteiger partial charge < -0.3 is 0 Å². The average Bonchev–Trinajstić information content (AvgIpc) is 2.96. The highest BCUT2D eigenvalue weighted by molar-refractivity contribution is 7.15. The fourth-order valence-corrected chi connectivity index (χ4v) is 3.30. The predicted octanol–water partition coefficient (Wildman–Crippen LogP) is 4.89. The maximum Gasteiger partial charge on any atom is 0.250 e. The Morgan fingerprint density at radius 2 is 2.13 bits per heavy atom. The predicted molar refractivity (Wildman–Crippen MR) is 92.3 cm³/mol. The van der Waals surface area contributed by atoms with Gasteiger partial charge in [-0.15, -0.1) is 10.2 Å². The van der Waals surface area contributed by atoms with E-state index in [-0.39, 0.29) is 10.6 Å². The van der Waals surface area contributed by atoms with Crippen LogP contribution in [0.3, 0.4) is 0 Å². The largest absolute Gasteiger partial charge is 0.297 e. The second-order valence-electron chi connectivity index (χ2n) is 4.92. The van der Waals surface area contributed by atoms with Crippen molar-refractivity contribution >= 4 is 40.1 Å². The van der Waals surface area contributed by atoms with Crippen LogP contribution in [0.4, 0.5) is 9.52 Å². The van der Waals surface area contributed by atoms with E-state index in [1.807, 2.05) is 0 Å². The minimum Gasteiger partial charge on any atom is -0.297 e. The van der Waals surface area contributed by atoms with Crippen molar-refractivity contribution < 1.29 is 9.18 Å². The zero-order chi connectivity index (χ0) is 16.8. The maximum atomic E-state index is 13.6. The summed E-state index contributed by atoms with van der Waals surface area (Å²) in [5, 5.41) is 12.3. The fraction of sp³-hybridized carbons (Fsp3) is 0.312. The van der Waals surface area contributed by atoms with Gasteiger partial charge in [0, 0.05) is 17.6 Å². The number of carbonyl (C=O) groups excluding carboxylic acids is 1. The van der Waals surface area contributed by atoms with Crippen LogP contribution in [0.15, 0.2) is 24.3 Å². The van der Waals surface area contributed by atoms with Crippen molar-refractivity contribution in [2.24, 2.45) is 0 Å². The smallest absolute Gasteiger partial charge is 0.250 e. The lowest BCUT2D eigenvalue weighted by Crippen LogP contribution is -2.07. The number of nitrogens with one attached hydrogen (secondary N) is 1. The molecular formula is C16H17ClFN3OS. The summed E-state index contributed by atoms with van der Waals surface area (Å²) in [6, 6.07) is 4.36. The van der Waals surface area contributed by atoms with Crippen LogP contribution in [0.25, 0.3) is 6.08 Å². The van der Waals surface area contributed by atoms with Gasteiger partial charge in [-0.1, -0.05) is 42.9 Å². The summed E-state index contributed by atoms with van der Waals surface area (Å²) in [6.45, 7) is 4.18. The first-order chi connectivity index (χ1) is 11.0. The third-order valence-corrected chi connectivity index (χ3v) is 4.74. The lowest BCUT2D eigenvalue weighted by Gasteiger charge is -2.05. The Hall–Kier alpha value is -1.79. The van der Waals surface area contributed by atoms with Gasteiger partial charge in [-0.3, -0.25) is 10.1 Å². The number of nitrogens with zero attached hydrogens (tertiary/aromatic N) is 2. The molecule has 0 fully saturated rings. The van der Waals surface area contributed by atoms with Crippen LogP contribution in [-0.2, 0) is 4.79 Å². The molecule has 2 rings (SSSR count). The monoisotopic (exact) mass is 353 g/mol. The fourth-order valence-electron chi connectivity index (χ4n) is 2.06. The van der Waals surface area contributed by atoms with Gasteiger partial charge in [-0.25, -0.2) is 4.39 Å². The molecule has 0 saturated carbocycles. The van der Waals surface area contributed by atoms with Crippen LogP contribution in [0.2, 0.25) is 5.02 Å². The van der Waals surface area contributed by atoms with E-state index < -0.39 is 11.7 Å². The number of anilines is 1. The van der Waals surface area contributed by atoms with Crippen molar-refractivity contribution in [3.8, 4) is 0 Å². The van der Waals surface area contributed by atoms with Crippen molar-refractivity contribution in [2.75, 3.05) is 5.32 Å². The highest BCUT2D eigenvalue weighted by Crippen LogP contribution is 2.28. The van der Waals surface area contributed by atoms with E-state index in [4.69, 9.17) is 11.6 Å². The first-order valence-corrected chi connectivity index (χ1v) is 8.51. The van der Waals surface area contributed by atoms with E-state index in [1.54, 1.807) is 6.07 Å². The maximum absolute atomic E-state index is 13.6. The molecule has 0 aliphatic rings. The van der Waals surface area contributed by atoms with Crippen molar-refractivity contribution in [1.82, 2.24) is 10.2 Å². The highest BCUT2D eigenvalue weighted by atomic mass is 35.5. The van der Waals surface area contributed by atoms with Gasteiger partial charge in [0.25, 0.3) is 0 Å². The van der Waals surface area contributed by atoms with Crippen LogP contribution in [0.5, 0.6) is 0 Å². The van der Waals surface area contributed by atoms with E-state index in [0.717, 1.165) is 17.8 Å². The first kappa shape index (κ1) is 17.6. The Morgan fingerprint density at radius 3 is 2.78 bits per heavy atom. The molecule has 1 N–H and O–H groups in total. The summed E-state index contributed by atoms with van der Waals surface area (Å²) < 4.78 is 13.6. The summed E-state index contributed by atoms with van der Waals surface area (Å²) in [7, 11) is 0. The molecule has 1 amide bonds. The number of amides is 1. The van der Waals surface area contributed by atoms with Crippen molar-refractivity contribution in [1.29, 1.82) is 0 Å². The molecule has 7 heteroatoms. The van der Waals surface area contributed by atoms with Crippen LogP contribution in [0, 0.1) is 5.82 Å². The number of rotatable bonds is 6. The second-order valence-corrected chi connectivity index (χ2v) is 6.33.